The highest BCUT2D eigenvalue weighted by Crippen LogP contribution is 2.17. The fourth-order valence-corrected chi connectivity index (χ4v) is 2.47. The molecule has 0 aromatic heterocycles. The molecular formula is C10H12BrNO2S. The average Bonchev–Trinajstić information content (AvgIpc) is 2.18. The van der Waals surface area contributed by atoms with Gasteiger partial charge < -0.3 is 0 Å². The van der Waals surface area contributed by atoms with Crippen molar-refractivity contribution < 1.29 is 8.42 Å². The maximum absolute atomic E-state index is 11.9. The SMILES string of the molecule is C=CCN(C)S(=O)(=O)c1ccc(Br)cc1. The molecule has 82 valence electrons. The number of halogens is 1. The Morgan fingerprint density at radius 3 is 2.40 bits per heavy atom. The van der Waals surface area contributed by atoms with Crippen LogP contribution in [0.4, 0.5) is 0 Å². The van der Waals surface area contributed by atoms with Gasteiger partial charge in [-0.15, -0.1) is 6.58 Å². The highest BCUT2D eigenvalue weighted by Gasteiger charge is 2.18. The summed E-state index contributed by atoms with van der Waals surface area (Å²) in [4.78, 5) is 0.287. The second-order valence-electron chi connectivity index (χ2n) is 3.03. The molecule has 0 unspecified atom stereocenters. The van der Waals surface area contributed by atoms with Crippen molar-refractivity contribution in [3.05, 3.63) is 41.4 Å². The summed E-state index contributed by atoms with van der Waals surface area (Å²) in [5.74, 6) is 0. The van der Waals surface area contributed by atoms with Crippen LogP contribution in [-0.4, -0.2) is 26.3 Å². The lowest BCUT2D eigenvalue weighted by Crippen LogP contribution is -2.26. The van der Waals surface area contributed by atoms with Crippen molar-refractivity contribution in [1.82, 2.24) is 4.31 Å². The molecule has 5 heteroatoms. The van der Waals surface area contributed by atoms with Gasteiger partial charge in [0.1, 0.15) is 0 Å². The maximum Gasteiger partial charge on any atom is 0.243 e. The minimum absolute atomic E-state index is 0.287. The second kappa shape index (κ2) is 4.92. The zero-order chi connectivity index (χ0) is 11.5. The van der Waals surface area contributed by atoms with E-state index in [9.17, 15) is 8.42 Å². The Labute approximate surface area is 98.6 Å². The molecule has 0 fully saturated rings. The van der Waals surface area contributed by atoms with Crippen molar-refractivity contribution in [2.75, 3.05) is 13.6 Å². The first kappa shape index (κ1) is 12.4. The first-order valence-corrected chi connectivity index (χ1v) is 6.54. The van der Waals surface area contributed by atoms with Crippen LogP contribution in [0.15, 0.2) is 46.3 Å². The van der Waals surface area contributed by atoms with Gasteiger partial charge in [0.2, 0.25) is 10.0 Å². The lowest BCUT2D eigenvalue weighted by Gasteiger charge is -2.14. The largest absolute Gasteiger partial charge is 0.243 e. The van der Waals surface area contributed by atoms with Crippen LogP contribution in [-0.2, 0) is 10.0 Å². The van der Waals surface area contributed by atoms with E-state index in [0.717, 1.165) is 4.47 Å². The van der Waals surface area contributed by atoms with Crippen LogP contribution in [0.2, 0.25) is 0 Å². The van der Waals surface area contributed by atoms with Crippen molar-refractivity contribution in [3.8, 4) is 0 Å². The number of sulfonamides is 1. The molecule has 0 spiro atoms. The van der Waals surface area contributed by atoms with Crippen molar-refractivity contribution >= 4 is 26.0 Å². The summed E-state index contributed by atoms with van der Waals surface area (Å²) in [6.45, 7) is 3.81. The summed E-state index contributed by atoms with van der Waals surface area (Å²) in [6.07, 6.45) is 1.55. The van der Waals surface area contributed by atoms with Gasteiger partial charge in [0, 0.05) is 18.1 Å². The van der Waals surface area contributed by atoms with Crippen LogP contribution < -0.4 is 0 Å². The molecule has 1 aromatic carbocycles. The minimum Gasteiger partial charge on any atom is -0.207 e. The molecule has 0 saturated heterocycles. The summed E-state index contributed by atoms with van der Waals surface area (Å²) in [6, 6.07) is 6.54. The summed E-state index contributed by atoms with van der Waals surface area (Å²) in [7, 11) is -1.85. The molecular weight excluding hydrogens is 278 g/mol. The van der Waals surface area contributed by atoms with Crippen LogP contribution in [0.25, 0.3) is 0 Å². The maximum atomic E-state index is 11.9. The van der Waals surface area contributed by atoms with E-state index in [1.54, 1.807) is 30.3 Å². The molecule has 0 atom stereocenters. The van der Waals surface area contributed by atoms with E-state index < -0.39 is 10.0 Å². The van der Waals surface area contributed by atoms with Gasteiger partial charge in [-0.1, -0.05) is 22.0 Å². The second-order valence-corrected chi connectivity index (χ2v) is 5.99. The van der Waals surface area contributed by atoms with Gasteiger partial charge in [-0.2, -0.15) is 4.31 Å². The highest BCUT2D eigenvalue weighted by atomic mass is 79.9. The number of hydrogen-bond acceptors (Lipinski definition) is 2. The standard InChI is InChI=1S/C10H12BrNO2S/c1-3-8-12(2)15(13,14)10-6-4-9(11)5-7-10/h3-7H,1,8H2,2H3. The smallest absolute Gasteiger partial charge is 0.207 e. The monoisotopic (exact) mass is 289 g/mol. The van der Waals surface area contributed by atoms with Crippen molar-refractivity contribution in [3.63, 3.8) is 0 Å². The Kier molecular flexibility index (Phi) is 4.07. The third-order valence-electron chi connectivity index (χ3n) is 1.91. The van der Waals surface area contributed by atoms with Gasteiger partial charge in [0.25, 0.3) is 0 Å². The molecule has 0 amide bonds. The number of hydrogen-bond donors (Lipinski definition) is 0. The van der Waals surface area contributed by atoms with E-state index in [-0.39, 0.29) is 4.90 Å². The van der Waals surface area contributed by atoms with Crippen LogP contribution in [0.1, 0.15) is 0 Å². The average molecular weight is 290 g/mol. The molecule has 15 heavy (non-hydrogen) atoms. The molecule has 0 radical (unpaired) electrons. The molecule has 0 N–H and O–H groups in total. The Balaban J connectivity index is 3.06. The fraction of sp³-hybridized carbons (Fsp3) is 0.200. The quantitative estimate of drug-likeness (QED) is 0.798. The number of benzene rings is 1. The van der Waals surface area contributed by atoms with Crippen LogP contribution in [0.3, 0.4) is 0 Å². The molecule has 0 bridgehead atoms. The first-order valence-electron chi connectivity index (χ1n) is 4.31. The van der Waals surface area contributed by atoms with Crippen molar-refractivity contribution in [2.45, 2.75) is 4.90 Å². The predicted octanol–water partition coefficient (Wildman–Crippen LogP) is 2.26. The molecule has 0 aliphatic heterocycles. The lowest BCUT2D eigenvalue weighted by molar-refractivity contribution is 0.499. The van der Waals surface area contributed by atoms with E-state index in [2.05, 4.69) is 22.5 Å². The van der Waals surface area contributed by atoms with Crippen LogP contribution >= 0.6 is 15.9 Å². The third kappa shape index (κ3) is 2.90. The number of rotatable bonds is 4. The van der Waals surface area contributed by atoms with Crippen molar-refractivity contribution in [2.24, 2.45) is 0 Å². The fourth-order valence-electron chi connectivity index (χ4n) is 1.07. The van der Waals surface area contributed by atoms with E-state index >= 15 is 0 Å². The van der Waals surface area contributed by atoms with E-state index in [1.807, 2.05) is 0 Å². The van der Waals surface area contributed by atoms with E-state index in [4.69, 9.17) is 0 Å². The minimum atomic E-state index is -3.38. The summed E-state index contributed by atoms with van der Waals surface area (Å²) in [5, 5.41) is 0. The van der Waals surface area contributed by atoms with Crippen molar-refractivity contribution in [1.29, 1.82) is 0 Å². The Hall–Kier alpha value is -0.650. The van der Waals surface area contributed by atoms with Gasteiger partial charge in [-0.25, -0.2) is 8.42 Å². The van der Waals surface area contributed by atoms with Gasteiger partial charge in [0.15, 0.2) is 0 Å². The molecule has 0 aliphatic carbocycles. The van der Waals surface area contributed by atoms with Crippen LogP contribution in [0.5, 0.6) is 0 Å². The van der Waals surface area contributed by atoms with Crippen LogP contribution in [0, 0.1) is 0 Å². The lowest BCUT2D eigenvalue weighted by atomic mass is 10.4. The zero-order valence-corrected chi connectivity index (χ0v) is 10.8. The molecule has 0 heterocycles. The van der Waals surface area contributed by atoms with Gasteiger partial charge >= 0.3 is 0 Å². The predicted molar refractivity (Wildman–Crippen MR) is 64.2 cm³/mol. The summed E-state index contributed by atoms with van der Waals surface area (Å²) >= 11 is 3.26. The topological polar surface area (TPSA) is 37.4 Å². The summed E-state index contributed by atoms with van der Waals surface area (Å²) in [5.41, 5.74) is 0. The Morgan fingerprint density at radius 1 is 1.40 bits per heavy atom. The van der Waals surface area contributed by atoms with Gasteiger partial charge in [-0.05, 0) is 24.3 Å². The third-order valence-corrected chi connectivity index (χ3v) is 4.27. The molecule has 0 aliphatic rings. The Bertz CT molecular complexity index is 439. The van der Waals surface area contributed by atoms with E-state index in [1.165, 1.54) is 11.4 Å². The molecule has 0 saturated carbocycles. The molecule has 3 nitrogen and oxygen atoms in total. The molecule has 1 rings (SSSR count). The normalized spacial score (nSPS) is 11.7. The number of likely N-dealkylation sites (N-methyl/N-ethyl adjacent to an activating group) is 1. The molecule has 1 aromatic rings. The first-order chi connectivity index (χ1) is 6.98. The van der Waals surface area contributed by atoms with Gasteiger partial charge in [-0.3, -0.25) is 0 Å². The highest BCUT2D eigenvalue weighted by molar-refractivity contribution is 9.10. The van der Waals surface area contributed by atoms with E-state index in [0.29, 0.717) is 6.54 Å². The number of nitrogens with zero attached hydrogens (tertiary/aromatic N) is 1. The zero-order valence-electron chi connectivity index (χ0n) is 8.35. The van der Waals surface area contributed by atoms with Gasteiger partial charge in [0.05, 0.1) is 4.90 Å². The summed E-state index contributed by atoms with van der Waals surface area (Å²) < 4.78 is 25.9. The Morgan fingerprint density at radius 2 is 1.93 bits per heavy atom.